The van der Waals surface area contributed by atoms with E-state index in [1.807, 2.05) is 17.7 Å². The summed E-state index contributed by atoms with van der Waals surface area (Å²) in [6.45, 7) is 7.73. The van der Waals surface area contributed by atoms with Gasteiger partial charge in [-0.25, -0.2) is 0 Å². The van der Waals surface area contributed by atoms with Crippen molar-refractivity contribution in [1.82, 2.24) is 9.88 Å². The summed E-state index contributed by atoms with van der Waals surface area (Å²) in [6, 6.07) is 2.50. The minimum absolute atomic E-state index is 0.130. The molecule has 0 aliphatic heterocycles. The summed E-state index contributed by atoms with van der Waals surface area (Å²) >= 11 is 0. The minimum Gasteiger partial charge on any atom is -0.369 e. The van der Waals surface area contributed by atoms with Crippen LogP contribution in [0.25, 0.3) is 0 Å². The maximum Gasteiger partial charge on any atom is 0.222 e. The zero-order valence-electron chi connectivity index (χ0n) is 10.9. The quantitative estimate of drug-likeness (QED) is 0.758. The molecule has 4 heteroatoms. The van der Waals surface area contributed by atoms with E-state index in [0.717, 1.165) is 13.0 Å². The van der Waals surface area contributed by atoms with Crippen LogP contribution in [0.2, 0.25) is 0 Å². The molecule has 0 aromatic carbocycles. The second kappa shape index (κ2) is 6.45. The number of hydrogen-bond acceptors (Lipinski definition) is 2. The van der Waals surface area contributed by atoms with Crippen molar-refractivity contribution < 1.29 is 4.79 Å². The van der Waals surface area contributed by atoms with E-state index < -0.39 is 0 Å². The topological polar surface area (TPSA) is 60.1 Å². The van der Waals surface area contributed by atoms with Crippen LogP contribution in [0.3, 0.4) is 0 Å². The van der Waals surface area contributed by atoms with Crippen molar-refractivity contribution in [1.29, 1.82) is 0 Å². The number of nitrogens with one attached hydrogen (secondary N) is 1. The van der Waals surface area contributed by atoms with Crippen LogP contribution in [0, 0.1) is 5.92 Å². The summed E-state index contributed by atoms with van der Waals surface area (Å²) in [5.41, 5.74) is 6.53. The zero-order chi connectivity index (χ0) is 12.8. The van der Waals surface area contributed by atoms with Gasteiger partial charge in [-0.1, -0.05) is 20.8 Å². The van der Waals surface area contributed by atoms with Crippen molar-refractivity contribution in [3.63, 3.8) is 0 Å². The Morgan fingerprint density at radius 2 is 2.24 bits per heavy atom. The van der Waals surface area contributed by atoms with Gasteiger partial charge in [-0.3, -0.25) is 4.79 Å². The highest BCUT2D eigenvalue weighted by molar-refractivity contribution is 5.76. The lowest BCUT2D eigenvalue weighted by atomic mass is 10.1. The summed E-state index contributed by atoms with van der Waals surface area (Å²) in [5, 5.41) is 3.43. The largest absolute Gasteiger partial charge is 0.369 e. The Labute approximate surface area is 103 Å². The van der Waals surface area contributed by atoms with Crippen molar-refractivity contribution in [2.45, 2.75) is 39.8 Å². The molecule has 0 saturated heterocycles. The Morgan fingerprint density at radius 3 is 2.76 bits per heavy atom. The molecule has 2 atom stereocenters. The minimum atomic E-state index is -0.251. The monoisotopic (exact) mass is 237 g/mol. The first kappa shape index (κ1) is 13.8. The Balaban J connectivity index is 2.66. The summed E-state index contributed by atoms with van der Waals surface area (Å²) < 4.78 is 2.03. The highest BCUT2D eigenvalue weighted by Crippen LogP contribution is 2.17. The Kier molecular flexibility index (Phi) is 5.22. The third-order valence-corrected chi connectivity index (χ3v) is 3.00. The molecule has 0 aliphatic rings. The maximum atomic E-state index is 11.0. The highest BCUT2D eigenvalue weighted by atomic mass is 16.1. The van der Waals surface area contributed by atoms with Gasteiger partial charge in [0.15, 0.2) is 0 Å². The molecule has 0 aliphatic carbocycles. The van der Waals surface area contributed by atoms with Gasteiger partial charge in [-0.2, -0.15) is 0 Å². The number of primary amides is 1. The number of hydrogen-bond donors (Lipinski definition) is 2. The number of nitrogens with zero attached hydrogens (tertiary/aromatic N) is 1. The van der Waals surface area contributed by atoms with Crippen LogP contribution in [-0.4, -0.2) is 17.0 Å². The molecular formula is C13H23N3O. The van der Waals surface area contributed by atoms with Crippen LogP contribution < -0.4 is 11.1 Å². The Bertz CT molecular complexity index is 359. The van der Waals surface area contributed by atoms with Crippen LogP contribution in [0.4, 0.5) is 0 Å². The van der Waals surface area contributed by atoms with E-state index in [0.29, 0.717) is 12.6 Å². The van der Waals surface area contributed by atoms with Gasteiger partial charge in [0, 0.05) is 25.0 Å². The molecule has 0 bridgehead atoms. The van der Waals surface area contributed by atoms with E-state index in [-0.39, 0.29) is 11.8 Å². The normalized spacial score (nSPS) is 14.5. The van der Waals surface area contributed by atoms with Crippen LogP contribution in [0.1, 0.15) is 38.8 Å². The molecule has 1 amide bonds. The lowest BCUT2D eigenvalue weighted by molar-refractivity contribution is -0.121. The zero-order valence-corrected chi connectivity index (χ0v) is 10.9. The van der Waals surface area contributed by atoms with E-state index in [1.54, 1.807) is 0 Å². The summed E-state index contributed by atoms with van der Waals surface area (Å²) in [6.07, 6.45) is 5.16. The maximum absolute atomic E-state index is 11.0. The second-order valence-corrected chi connectivity index (χ2v) is 4.46. The second-order valence-electron chi connectivity index (χ2n) is 4.46. The first-order valence-corrected chi connectivity index (χ1v) is 6.26. The molecule has 17 heavy (non-hydrogen) atoms. The number of amides is 1. The van der Waals surface area contributed by atoms with Gasteiger partial charge in [0.2, 0.25) is 5.91 Å². The molecule has 4 nitrogen and oxygen atoms in total. The fourth-order valence-electron chi connectivity index (χ4n) is 1.93. The average Bonchev–Trinajstić information content (AvgIpc) is 2.74. The lowest BCUT2D eigenvalue weighted by Crippen LogP contribution is -2.24. The fourth-order valence-corrected chi connectivity index (χ4v) is 1.93. The lowest BCUT2D eigenvalue weighted by Gasteiger charge is -2.14. The molecule has 0 radical (unpaired) electrons. The van der Waals surface area contributed by atoms with E-state index in [1.165, 1.54) is 5.56 Å². The summed E-state index contributed by atoms with van der Waals surface area (Å²) in [7, 11) is 0. The molecule has 0 fully saturated rings. The Morgan fingerprint density at radius 1 is 1.53 bits per heavy atom. The van der Waals surface area contributed by atoms with Crippen molar-refractivity contribution in [2.24, 2.45) is 11.7 Å². The van der Waals surface area contributed by atoms with Gasteiger partial charge >= 0.3 is 0 Å². The predicted molar refractivity (Wildman–Crippen MR) is 69.5 cm³/mol. The smallest absolute Gasteiger partial charge is 0.222 e. The van der Waals surface area contributed by atoms with Crippen molar-refractivity contribution in [2.75, 3.05) is 6.54 Å². The molecule has 3 N–H and O–H groups in total. The fraction of sp³-hybridized carbons (Fsp3) is 0.615. The van der Waals surface area contributed by atoms with Gasteiger partial charge in [0.05, 0.1) is 5.92 Å². The summed E-state index contributed by atoms with van der Waals surface area (Å²) in [4.78, 5) is 11.0. The number of aromatic nitrogens is 1. The number of carbonyl (C=O) groups is 1. The van der Waals surface area contributed by atoms with Crippen molar-refractivity contribution in [3.8, 4) is 0 Å². The standard InChI is InChI=1S/C13H23N3O/c1-4-12(15-5-2)11-6-7-16(9-11)8-10(3)13(14)17/h6-7,9-10,12,15H,4-5,8H2,1-3H3,(H2,14,17). The number of rotatable bonds is 7. The first-order valence-electron chi connectivity index (χ1n) is 6.26. The van der Waals surface area contributed by atoms with Crippen molar-refractivity contribution in [3.05, 3.63) is 24.0 Å². The number of nitrogens with two attached hydrogens (primary N) is 1. The molecule has 1 aromatic heterocycles. The van der Waals surface area contributed by atoms with Crippen LogP contribution in [-0.2, 0) is 11.3 Å². The molecule has 1 heterocycles. The third-order valence-electron chi connectivity index (χ3n) is 3.00. The van der Waals surface area contributed by atoms with Crippen LogP contribution in [0.5, 0.6) is 0 Å². The Hall–Kier alpha value is -1.29. The molecule has 0 spiro atoms. The first-order chi connectivity index (χ1) is 8.08. The van der Waals surface area contributed by atoms with Crippen molar-refractivity contribution >= 4 is 5.91 Å². The molecular weight excluding hydrogens is 214 g/mol. The van der Waals surface area contributed by atoms with E-state index in [9.17, 15) is 4.79 Å². The van der Waals surface area contributed by atoms with E-state index in [4.69, 9.17) is 5.73 Å². The highest BCUT2D eigenvalue weighted by Gasteiger charge is 2.12. The van der Waals surface area contributed by atoms with Crippen LogP contribution >= 0.6 is 0 Å². The molecule has 1 aromatic rings. The van der Waals surface area contributed by atoms with Gasteiger partial charge in [-0.05, 0) is 24.6 Å². The van der Waals surface area contributed by atoms with Gasteiger partial charge in [-0.15, -0.1) is 0 Å². The molecule has 1 rings (SSSR count). The molecule has 0 saturated carbocycles. The van der Waals surface area contributed by atoms with Gasteiger partial charge < -0.3 is 15.6 Å². The predicted octanol–water partition coefficient (Wildman–Crippen LogP) is 1.67. The van der Waals surface area contributed by atoms with Crippen LogP contribution in [0.15, 0.2) is 18.5 Å². The number of carbonyl (C=O) groups excluding carboxylic acids is 1. The van der Waals surface area contributed by atoms with Gasteiger partial charge in [0.25, 0.3) is 0 Å². The summed E-state index contributed by atoms with van der Waals surface area (Å²) in [5.74, 6) is -0.381. The van der Waals surface area contributed by atoms with E-state index >= 15 is 0 Å². The van der Waals surface area contributed by atoms with Gasteiger partial charge in [0.1, 0.15) is 0 Å². The molecule has 96 valence electrons. The SMILES string of the molecule is CCNC(CC)c1ccn(CC(C)C(N)=O)c1. The molecule has 2 unspecified atom stereocenters. The third kappa shape index (κ3) is 3.89. The average molecular weight is 237 g/mol. The van der Waals surface area contributed by atoms with E-state index in [2.05, 4.69) is 31.4 Å².